The maximum Gasteiger partial charge on any atom is 0.244 e. The van der Waals surface area contributed by atoms with Crippen molar-refractivity contribution in [3.63, 3.8) is 0 Å². The van der Waals surface area contributed by atoms with Crippen molar-refractivity contribution in [1.29, 1.82) is 0 Å². The van der Waals surface area contributed by atoms with Crippen molar-refractivity contribution in [3.05, 3.63) is 40.9 Å². The third-order valence-electron chi connectivity index (χ3n) is 3.41. The first kappa shape index (κ1) is 15.0. The highest BCUT2D eigenvalue weighted by atomic mass is 79.9. The molecule has 0 saturated carbocycles. The smallest absolute Gasteiger partial charge is 0.244 e. The normalized spacial score (nSPS) is 14.0. The summed E-state index contributed by atoms with van der Waals surface area (Å²) in [5, 5.41) is 5.02. The van der Waals surface area contributed by atoms with E-state index in [0.29, 0.717) is 6.42 Å². The van der Waals surface area contributed by atoms with Gasteiger partial charge in [-0.15, -0.1) is 0 Å². The molecule has 2 rings (SSSR count). The number of nitrogens with two attached hydrogens (primary N) is 1. The molecule has 0 spiro atoms. The van der Waals surface area contributed by atoms with Crippen LogP contribution in [0.5, 0.6) is 0 Å². The van der Waals surface area contributed by atoms with E-state index in [1.807, 2.05) is 43.3 Å². The number of amides is 1. The SMILES string of the molecule is CCCC(C)(N)C(=O)Nc1ccc(Br)c2ccccc12. The van der Waals surface area contributed by atoms with Gasteiger partial charge in [-0.05, 0) is 30.9 Å². The lowest BCUT2D eigenvalue weighted by Gasteiger charge is -2.23. The van der Waals surface area contributed by atoms with E-state index in [1.54, 1.807) is 6.92 Å². The summed E-state index contributed by atoms with van der Waals surface area (Å²) in [6, 6.07) is 11.8. The summed E-state index contributed by atoms with van der Waals surface area (Å²) in [7, 11) is 0. The van der Waals surface area contributed by atoms with Gasteiger partial charge >= 0.3 is 0 Å². The number of carbonyl (C=O) groups excluding carboxylic acids is 1. The zero-order valence-corrected chi connectivity index (χ0v) is 13.3. The molecule has 2 aromatic rings. The Bertz CT molecular complexity index is 637. The standard InChI is InChI=1S/C16H19BrN2O/c1-3-10-16(2,18)15(20)19-14-9-8-13(17)11-6-4-5-7-12(11)14/h4-9H,3,10,18H2,1-2H3,(H,19,20). The molecule has 0 aliphatic carbocycles. The van der Waals surface area contributed by atoms with Gasteiger partial charge in [-0.25, -0.2) is 0 Å². The van der Waals surface area contributed by atoms with Crippen LogP contribution in [0.2, 0.25) is 0 Å². The molecular weight excluding hydrogens is 316 g/mol. The first-order valence-corrected chi connectivity index (χ1v) is 7.52. The topological polar surface area (TPSA) is 55.1 Å². The van der Waals surface area contributed by atoms with Gasteiger partial charge in [-0.3, -0.25) is 4.79 Å². The van der Waals surface area contributed by atoms with E-state index in [-0.39, 0.29) is 5.91 Å². The third kappa shape index (κ3) is 3.02. The second-order valence-corrected chi connectivity index (χ2v) is 6.12. The van der Waals surface area contributed by atoms with Gasteiger partial charge in [-0.2, -0.15) is 0 Å². The molecule has 106 valence electrons. The quantitative estimate of drug-likeness (QED) is 0.885. The Kier molecular flexibility index (Phi) is 4.45. The molecule has 3 N–H and O–H groups in total. The molecule has 0 aliphatic rings. The molecule has 3 nitrogen and oxygen atoms in total. The number of benzene rings is 2. The van der Waals surface area contributed by atoms with Crippen LogP contribution in [0.25, 0.3) is 10.8 Å². The summed E-state index contributed by atoms with van der Waals surface area (Å²) < 4.78 is 1.01. The zero-order valence-electron chi connectivity index (χ0n) is 11.7. The van der Waals surface area contributed by atoms with Crippen LogP contribution in [-0.4, -0.2) is 11.4 Å². The van der Waals surface area contributed by atoms with E-state index < -0.39 is 5.54 Å². The Hall–Kier alpha value is -1.39. The van der Waals surface area contributed by atoms with Gasteiger partial charge in [0.15, 0.2) is 0 Å². The average molecular weight is 335 g/mol. The van der Waals surface area contributed by atoms with Gasteiger partial charge < -0.3 is 11.1 Å². The van der Waals surface area contributed by atoms with E-state index in [2.05, 4.69) is 21.2 Å². The van der Waals surface area contributed by atoms with Crippen molar-refractivity contribution >= 4 is 38.3 Å². The minimum absolute atomic E-state index is 0.146. The van der Waals surface area contributed by atoms with E-state index in [4.69, 9.17) is 5.73 Å². The van der Waals surface area contributed by atoms with Gasteiger partial charge in [-0.1, -0.05) is 53.5 Å². The molecule has 4 heteroatoms. The number of fused-ring (bicyclic) bond motifs is 1. The van der Waals surface area contributed by atoms with Gasteiger partial charge in [0.05, 0.1) is 5.54 Å². The second-order valence-electron chi connectivity index (χ2n) is 5.26. The predicted molar refractivity (Wildman–Crippen MR) is 87.8 cm³/mol. The molecule has 2 aromatic carbocycles. The van der Waals surface area contributed by atoms with Gasteiger partial charge in [0.1, 0.15) is 0 Å². The Morgan fingerprint density at radius 2 is 1.90 bits per heavy atom. The van der Waals surface area contributed by atoms with Crippen molar-refractivity contribution in [2.45, 2.75) is 32.2 Å². The third-order valence-corrected chi connectivity index (χ3v) is 4.10. The first-order valence-electron chi connectivity index (χ1n) is 6.73. The molecule has 0 fully saturated rings. The van der Waals surface area contributed by atoms with Crippen LogP contribution < -0.4 is 11.1 Å². The van der Waals surface area contributed by atoms with Crippen molar-refractivity contribution in [3.8, 4) is 0 Å². The van der Waals surface area contributed by atoms with Crippen molar-refractivity contribution < 1.29 is 4.79 Å². The number of halogens is 1. The number of hydrogen-bond acceptors (Lipinski definition) is 2. The molecule has 0 radical (unpaired) electrons. The fourth-order valence-electron chi connectivity index (χ4n) is 2.27. The number of hydrogen-bond donors (Lipinski definition) is 2. The average Bonchev–Trinajstić information content (AvgIpc) is 2.42. The fourth-order valence-corrected chi connectivity index (χ4v) is 2.75. The highest BCUT2D eigenvalue weighted by Gasteiger charge is 2.27. The molecule has 1 amide bonds. The summed E-state index contributed by atoms with van der Waals surface area (Å²) in [4.78, 5) is 12.3. The monoisotopic (exact) mass is 334 g/mol. The molecule has 0 aromatic heterocycles. The first-order chi connectivity index (χ1) is 9.45. The van der Waals surface area contributed by atoms with Crippen LogP contribution in [0.3, 0.4) is 0 Å². The lowest BCUT2D eigenvalue weighted by Crippen LogP contribution is -2.48. The largest absolute Gasteiger partial charge is 0.324 e. The van der Waals surface area contributed by atoms with E-state index in [1.165, 1.54) is 0 Å². The highest BCUT2D eigenvalue weighted by molar-refractivity contribution is 9.10. The minimum atomic E-state index is -0.844. The van der Waals surface area contributed by atoms with Crippen molar-refractivity contribution in [1.82, 2.24) is 0 Å². The Balaban J connectivity index is 2.35. The van der Waals surface area contributed by atoms with Crippen molar-refractivity contribution in [2.75, 3.05) is 5.32 Å². The fraction of sp³-hybridized carbons (Fsp3) is 0.312. The summed E-state index contributed by atoms with van der Waals surface area (Å²) in [5.41, 5.74) is 6.02. The summed E-state index contributed by atoms with van der Waals surface area (Å²) in [5.74, 6) is -0.146. The molecule has 0 saturated heterocycles. The van der Waals surface area contributed by atoms with Gasteiger partial charge in [0, 0.05) is 15.5 Å². The number of carbonyl (C=O) groups is 1. The van der Waals surface area contributed by atoms with Crippen molar-refractivity contribution in [2.24, 2.45) is 5.73 Å². The summed E-state index contributed by atoms with van der Waals surface area (Å²) in [6.45, 7) is 3.79. The van der Waals surface area contributed by atoms with Crippen LogP contribution in [-0.2, 0) is 4.79 Å². The minimum Gasteiger partial charge on any atom is -0.324 e. The summed E-state index contributed by atoms with van der Waals surface area (Å²) in [6.07, 6.45) is 1.54. The molecule has 0 heterocycles. The molecule has 0 aliphatic heterocycles. The maximum atomic E-state index is 12.3. The molecule has 0 bridgehead atoms. The molecule has 1 atom stereocenters. The van der Waals surface area contributed by atoms with Crippen LogP contribution in [0.4, 0.5) is 5.69 Å². The van der Waals surface area contributed by atoms with E-state index >= 15 is 0 Å². The molecule has 20 heavy (non-hydrogen) atoms. The lowest BCUT2D eigenvalue weighted by molar-refractivity contribution is -0.120. The van der Waals surface area contributed by atoms with Crippen LogP contribution in [0, 0.1) is 0 Å². The maximum absolute atomic E-state index is 12.3. The Labute approximate surface area is 127 Å². The Morgan fingerprint density at radius 3 is 2.55 bits per heavy atom. The Morgan fingerprint density at radius 1 is 1.25 bits per heavy atom. The second kappa shape index (κ2) is 5.94. The van der Waals surface area contributed by atoms with E-state index in [0.717, 1.165) is 27.4 Å². The van der Waals surface area contributed by atoms with Gasteiger partial charge in [0.2, 0.25) is 5.91 Å². The highest BCUT2D eigenvalue weighted by Crippen LogP contribution is 2.30. The van der Waals surface area contributed by atoms with Crippen LogP contribution in [0.1, 0.15) is 26.7 Å². The number of anilines is 1. The summed E-state index contributed by atoms with van der Waals surface area (Å²) >= 11 is 3.52. The van der Waals surface area contributed by atoms with Crippen LogP contribution >= 0.6 is 15.9 Å². The lowest BCUT2D eigenvalue weighted by atomic mass is 9.96. The number of nitrogens with one attached hydrogen (secondary N) is 1. The molecular formula is C16H19BrN2O. The zero-order chi connectivity index (χ0) is 14.8. The van der Waals surface area contributed by atoms with Crippen LogP contribution in [0.15, 0.2) is 40.9 Å². The van der Waals surface area contributed by atoms with E-state index in [9.17, 15) is 4.79 Å². The van der Waals surface area contributed by atoms with Gasteiger partial charge in [0.25, 0.3) is 0 Å². The number of rotatable bonds is 4. The molecule has 1 unspecified atom stereocenters. The predicted octanol–water partition coefficient (Wildman–Crippen LogP) is 4.06.